The molecule has 1 N–H and O–H groups in total. The molecule has 5 aromatic rings. The summed E-state index contributed by atoms with van der Waals surface area (Å²) in [5.41, 5.74) is 15.8. The molecule has 0 spiro atoms. The number of nitrogens with one attached hydrogen (secondary N) is 1. The molecular weight excluding hydrogens is 965 g/mol. The summed E-state index contributed by atoms with van der Waals surface area (Å²) in [5.74, 6) is 1.79. The van der Waals surface area contributed by atoms with Crippen LogP contribution in [-0.4, -0.2) is 44.3 Å². The van der Waals surface area contributed by atoms with E-state index in [-0.39, 0.29) is 37.7 Å². The van der Waals surface area contributed by atoms with E-state index in [0.717, 1.165) is 46.9 Å². The molecule has 8 rings (SSSR count). The van der Waals surface area contributed by atoms with E-state index >= 15 is 0 Å². The van der Waals surface area contributed by atoms with Crippen LogP contribution >= 0.6 is 0 Å². The van der Waals surface area contributed by atoms with Crippen LogP contribution in [0.2, 0.25) is 0 Å². The first-order chi connectivity index (χ1) is 31.0. The predicted octanol–water partition coefficient (Wildman–Crippen LogP) is 14.8. The van der Waals surface area contributed by atoms with Gasteiger partial charge in [0.05, 0.1) is 13.0 Å². The molecule has 65 heavy (non-hydrogen) atoms. The molecule has 8 heteroatoms. The standard InChI is InChI=1S/C22H28N3O.C21H29N2O.2C7H7.Hf/c1-15(2)17-9-8-10-18(16(3)4)21(17)25-14-13-24(22(25)23)19-11-6-7-12-20(19)26-5;22-21(24)19-14-8-7-13-18(19)20(16-9-3-1-4-10-16)15-23-17-11-5-2-6-12-17;2*1-7-5-3-2-4-6-7;/h6-12,15-16H,13-14H2,1-5H3;7-8,13-14,16-17,20H,1-6,9-12H2,(H2,22,24);2*2-6H,1H2;/q4*-1;/p-1. The molecule has 0 radical (unpaired) electrons. The van der Waals surface area contributed by atoms with Gasteiger partial charge in [0.1, 0.15) is 5.75 Å². The largest absolute Gasteiger partial charge is 0.664 e. The van der Waals surface area contributed by atoms with Gasteiger partial charge < -0.3 is 41.7 Å². The Hall–Kier alpha value is -5.08. The van der Waals surface area contributed by atoms with Gasteiger partial charge >= 0.3 is 0 Å². The third kappa shape index (κ3) is 15.5. The number of nitrogens with zero attached hydrogens (tertiary/aromatic N) is 4. The third-order valence-electron chi connectivity index (χ3n) is 12.3. The fraction of sp³-hybridized carbons (Fsp3) is 0.386. The van der Waals surface area contributed by atoms with Crippen LogP contribution in [0.5, 0.6) is 5.75 Å². The van der Waals surface area contributed by atoms with Crippen molar-refractivity contribution >= 4 is 29.5 Å². The van der Waals surface area contributed by atoms with Gasteiger partial charge in [0.25, 0.3) is 0 Å². The molecule has 3 aliphatic rings. The molecule has 1 unspecified atom stereocenters. The summed E-state index contributed by atoms with van der Waals surface area (Å²) in [5, 5.41) is 11.1. The maximum atomic E-state index is 11.8. The smallest absolute Gasteiger partial charge is 0.128 e. The van der Waals surface area contributed by atoms with Crippen LogP contribution in [0.3, 0.4) is 0 Å². The topological polar surface area (TPSA) is 91.2 Å². The average Bonchev–Trinajstić information content (AvgIpc) is 3.70. The van der Waals surface area contributed by atoms with Crippen molar-refractivity contribution in [1.29, 1.82) is 0 Å². The number of anilines is 2. The Labute approximate surface area is 410 Å². The number of carbonyl (C=O) groups excluding carboxylic acids is 1. The van der Waals surface area contributed by atoms with Gasteiger partial charge in [-0.1, -0.05) is 157 Å². The van der Waals surface area contributed by atoms with E-state index in [9.17, 15) is 10.2 Å². The number of hydrogen-bond donors (Lipinski definition) is 0. The Kier molecular flexibility index (Phi) is 22.2. The molecule has 7 nitrogen and oxygen atoms in total. The second-order valence-corrected chi connectivity index (χ2v) is 17.7. The number of para-hydroxylation sites is 3. The Bertz CT molecular complexity index is 2130. The van der Waals surface area contributed by atoms with Gasteiger partial charge in [-0.2, -0.15) is 49.2 Å². The Balaban J connectivity index is 0.000000217. The zero-order valence-electron chi connectivity index (χ0n) is 39.5. The number of methoxy groups -OCH3 is 1. The summed E-state index contributed by atoms with van der Waals surface area (Å²) in [6.45, 7) is 17.7. The van der Waals surface area contributed by atoms with Gasteiger partial charge in [-0.3, -0.25) is 0 Å². The predicted molar refractivity (Wildman–Crippen MR) is 271 cm³/mol. The quantitative estimate of drug-likeness (QED) is 0.0791. The molecule has 344 valence electrons. The molecule has 0 aromatic heterocycles. The number of rotatable bonds is 10. The van der Waals surface area contributed by atoms with E-state index in [2.05, 4.69) is 70.9 Å². The minimum Gasteiger partial charge on any atom is -0.664 e. The molecule has 3 fully saturated rings. The minimum atomic E-state index is -0.592. The normalized spacial score (nSPS) is 15.8. The van der Waals surface area contributed by atoms with E-state index in [1.807, 2.05) is 108 Å². The van der Waals surface area contributed by atoms with Crippen molar-refractivity contribution in [3.63, 3.8) is 0 Å². The van der Waals surface area contributed by atoms with Crippen molar-refractivity contribution in [1.82, 2.24) is 0 Å². The van der Waals surface area contributed by atoms with Crippen LogP contribution in [0.25, 0.3) is 11.1 Å². The van der Waals surface area contributed by atoms with Crippen molar-refractivity contribution in [2.75, 3.05) is 30.0 Å². The van der Waals surface area contributed by atoms with E-state index in [0.29, 0.717) is 29.4 Å². The molecule has 1 heterocycles. The van der Waals surface area contributed by atoms with Crippen LogP contribution in [0.15, 0.2) is 132 Å². The number of benzene rings is 5. The fourth-order valence-electron chi connectivity index (χ4n) is 8.89. The number of amides is 1. The van der Waals surface area contributed by atoms with Crippen molar-refractivity contribution in [3.05, 3.63) is 186 Å². The SMILES string of the molecule is COc1ccccc1N1CCN(c2c(C(C)C)cccc2C(C)C)C1=[N-].[CH2-]c1ccccc1.[CH2-]c1ccccc1.[Hf].[NH-]C(=O)c1ccccc1C([C-]=NC1CCCCC1)C1CCCCC1. The van der Waals surface area contributed by atoms with Crippen LogP contribution < -0.4 is 14.5 Å². The number of aliphatic imine (C=N–C) groups is 1. The van der Waals surface area contributed by atoms with Gasteiger partial charge in [0, 0.05) is 43.5 Å². The summed E-state index contributed by atoms with van der Waals surface area (Å²) in [7, 11) is 1.66. The van der Waals surface area contributed by atoms with Crippen molar-refractivity contribution in [2.24, 2.45) is 10.9 Å². The van der Waals surface area contributed by atoms with Gasteiger partial charge in [0.15, 0.2) is 0 Å². The second-order valence-electron chi connectivity index (χ2n) is 17.7. The first-order valence-corrected chi connectivity index (χ1v) is 23.4. The second kappa shape index (κ2) is 27.4. The summed E-state index contributed by atoms with van der Waals surface area (Å²) in [4.78, 5) is 20.6. The summed E-state index contributed by atoms with van der Waals surface area (Å²) in [6, 6.07) is 42.0. The van der Waals surface area contributed by atoms with E-state index in [1.165, 1.54) is 75.3 Å². The van der Waals surface area contributed by atoms with Crippen molar-refractivity contribution < 1.29 is 35.4 Å². The zero-order valence-corrected chi connectivity index (χ0v) is 43.1. The summed E-state index contributed by atoms with van der Waals surface area (Å²) in [6.07, 6.45) is 15.8. The molecule has 2 aliphatic carbocycles. The van der Waals surface area contributed by atoms with Crippen molar-refractivity contribution in [3.8, 4) is 5.75 Å². The van der Waals surface area contributed by atoms with Crippen LogP contribution in [0, 0.1) is 19.8 Å². The molecule has 5 aromatic carbocycles. The minimum absolute atomic E-state index is 0. The monoisotopic (exact) mass is 1040 g/mol. The fourth-order valence-corrected chi connectivity index (χ4v) is 8.89. The maximum Gasteiger partial charge on any atom is 0.128 e. The molecule has 0 bridgehead atoms. The van der Waals surface area contributed by atoms with E-state index in [1.54, 1.807) is 13.2 Å². The zero-order chi connectivity index (χ0) is 45.8. The molecule has 1 aliphatic heterocycles. The maximum absolute atomic E-state index is 11.8. The number of guanidine groups is 1. The van der Waals surface area contributed by atoms with Gasteiger partial charge in [0.2, 0.25) is 0 Å². The number of ether oxygens (including phenoxy) is 1. The average molecular weight is 1040 g/mol. The first kappa shape index (κ1) is 52.5. The van der Waals surface area contributed by atoms with Crippen molar-refractivity contribution in [2.45, 2.75) is 116 Å². The Morgan fingerprint density at radius 1 is 0.662 bits per heavy atom. The number of hydrogen-bond acceptors (Lipinski definition) is 3. The first-order valence-electron chi connectivity index (χ1n) is 23.4. The Morgan fingerprint density at radius 3 is 1.65 bits per heavy atom. The number of carbonyl (C=O) groups is 1. The van der Waals surface area contributed by atoms with Gasteiger partial charge in [-0.25, -0.2) is 0 Å². The molecule has 1 saturated heterocycles. The molecule has 2 saturated carbocycles. The third-order valence-corrected chi connectivity index (χ3v) is 12.3. The van der Waals surface area contributed by atoms with Gasteiger partial charge in [-0.15, -0.1) is 30.2 Å². The summed E-state index contributed by atoms with van der Waals surface area (Å²) >= 11 is 0. The van der Waals surface area contributed by atoms with E-state index in [4.69, 9.17) is 15.5 Å². The molecule has 1 atom stereocenters. The van der Waals surface area contributed by atoms with Crippen LogP contribution in [0.1, 0.15) is 148 Å². The van der Waals surface area contributed by atoms with Crippen LogP contribution in [0.4, 0.5) is 11.4 Å². The Morgan fingerprint density at radius 2 is 1.14 bits per heavy atom. The van der Waals surface area contributed by atoms with Crippen LogP contribution in [-0.2, 0) is 25.8 Å². The van der Waals surface area contributed by atoms with Gasteiger partial charge in [-0.05, 0) is 72.3 Å². The molecule has 1 amide bonds. The van der Waals surface area contributed by atoms with E-state index < -0.39 is 5.91 Å². The molecular formula is C57H70HfN5O2-5. The summed E-state index contributed by atoms with van der Waals surface area (Å²) < 4.78 is 5.49.